The number of halogens is 2. The van der Waals surface area contributed by atoms with Crippen molar-refractivity contribution in [3.63, 3.8) is 0 Å². The third kappa shape index (κ3) is 3.16. The molecule has 24 heavy (non-hydrogen) atoms. The summed E-state index contributed by atoms with van der Waals surface area (Å²) in [4.78, 5) is 14.5. The van der Waals surface area contributed by atoms with E-state index in [1.165, 1.54) is 4.90 Å². The van der Waals surface area contributed by atoms with Crippen LogP contribution in [0, 0.1) is 12.3 Å². The van der Waals surface area contributed by atoms with Gasteiger partial charge in [0.05, 0.1) is 15.1 Å². The van der Waals surface area contributed by atoms with Crippen molar-refractivity contribution in [1.82, 2.24) is 0 Å². The molecule has 1 saturated heterocycles. The second kappa shape index (κ2) is 6.74. The Kier molecular flexibility index (Phi) is 4.85. The van der Waals surface area contributed by atoms with Crippen molar-refractivity contribution < 1.29 is 9.90 Å². The molecule has 0 atom stereocenters. The number of aryl methyl sites for hydroxylation is 1. The standard InChI is InChI=1S/C17H12Br2N2O2S/c1-9-4-2-3-5-13(9)21-16(23)14(24-17(21)20)7-10-6-11(18)8-12(19)15(10)22/h2-8,20,22H,1H3/b14-7-,20-17?. The van der Waals surface area contributed by atoms with Crippen molar-refractivity contribution in [2.24, 2.45) is 0 Å². The maximum Gasteiger partial charge on any atom is 0.271 e. The molecule has 122 valence electrons. The average molecular weight is 468 g/mol. The third-order valence-corrected chi connectivity index (χ3v) is 5.47. The number of carbonyl (C=O) groups excluding carboxylic acids is 1. The van der Waals surface area contributed by atoms with E-state index >= 15 is 0 Å². The minimum atomic E-state index is -0.269. The van der Waals surface area contributed by atoms with Crippen molar-refractivity contribution in [3.05, 3.63) is 61.4 Å². The van der Waals surface area contributed by atoms with E-state index in [9.17, 15) is 9.90 Å². The fourth-order valence-electron chi connectivity index (χ4n) is 2.36. The fourth-order valence-corrected chi connectivity index (χ4v) is 4.46. The van der Waals surface area contributed by atoms with Crippen LogP contribution < -0.4 is 4.90 Å². The average Bonchev–Trinajstić information content (AvgIpc) is 2.79. The highest BCUT2D eigenvalue weighted by molar-refractivity contribution is 9.11. The molecular weight excluding hydrogens is 456 g/mol. The quantitative estimate of drug-likeness (QED) is 0.590. The first-order valence-corrected chi connectivity index (χ1v) is 9.35. The van der Waals surface area contributed by atoms with Gasteiger partial charge in [-0.25, -0.2) is 0 Å². The Bertz CT molecular complexity index is 896. The highest BCUT2D eigenvalue weighted by Crippen LogP contribution is 2.39. The monoisotopic (exact) mass is 466 g/mol. The van der Waals surface area contributed by atoms with Crippen molar-refractivity contribution in [2.45, 2.75) is 6.92 Å². The molecule has 0 radical (unpaired) electrons. The second-order valence-corrected chi connectivity index (χ2v) is 7.97. The summed E-state index contributed by atoms with van der Waals surface area (Å²) in [6.45, 7) is 1.90. The number of carbonyl (C=O) groups is 1. The van der Waals surface area contributed by atoms with Gasteiger partial charge in [0, 0.05) is 10.0 Å². The first-order valence-electron chi connectivity index (χ1n) is 6.94. The molecule has 3 rings (SSSR count). The zero-order valence-corrected chi connectivity index (χ0v) is 16.5. The molecule has 1 heterocycles. The van der Waals surface area contributed by atoms with Gasteiger partial charge in [0.1, 0.15) is 5.75 Å². The van der Waals surface area contributed by atoms with Crippen molar-refractivity contribution >= 4 is 66.5 Å². The van der Waals surface area contributed by atoms with Crippen molar-refractivity contribution in [2.75, 3.05) is 4.90 Å². The van der Waals surface area contributed by atoms with E-state index in [1.54, 1.807) is 18.2 Å². The van der Waals surface area contributed by atoms with Crippen LogP contribution >= 0.6 is 43.6 Å². The highest BCUT2D eigenvalue weighted by Gasteiger charge is 2.34. The first-order chi connectivity index (χ1) is 11.4. The molecule has 1 amide bonds. The molecule has 0 aromatic heterocycles. The molecule has 1 aliphatic heterocycles. The Morgan fingerprint density at radius 2 is 1.96 bits per heavy atom. The number of para-hydroxylation sites is 1. The Hall–Kier alpha value is -1.57. The number of phenolic OH excluding ortho intramolecular Hbond substituents is 1. The summed E-state index contributed by atoms with van der Waals surface area (Å²) < 4.78 is 1.31. The molecule has 2 N–H and O–H groups in total. The number of thioether (sulfide) groups is 1. The van der Waals surface area contributed by atoms with Crippen LogP contribution in [0.4, 0.5) is 5.69 Å². The Morgan fingerprint density at radius 3 is 2.67 bits per heavy atom. The lowest BCUT2D eigenvalue weighted by Crippen LogP contribution is -2.28. The van der Waals surface area contributed by atoms with E-state index in [-0.39, 0.29) is 16.8 Å². The van der Waals surface area contributed by atoms with Crippen molar-refractivity contribution in [1.29, 1.82) is 5.41 Å². The van der Waals surface area contributed by atoms with E-state index in [0.29, 0.717) is 20.6 Å². The van der Waals surface area contributed by atoms with Gasteiger partial charge in [0.25, 0.3) is 5.91 Å². The number of anilines is 1. The molecule has 0 aliphatic carbocycles. The summed E-state index contributed by atoms with van der Waals surface area (Å²) in [6, 6.07) is 10.9. The van der Waals surface area contributed by atoms with E-state index in [2.05, 4.69) is 31.9 Å². The van der Waals surface area contributed by atoms with Crippen LogP contribution in [-0.4, -0.2) is 16.2 Å². The van der Waals surface area contributed by atoms with E-state index in [0.717, 1.165) is 21.8 Å². The predicted molar refractivity (Wildman–Crippen MR) is 105 cm³/mol. The molecule has 0 unspecified atom stereocenters. The normalized spacial score (nSPS) is 16.3. The zero-order chi connectivity index (χ0) is 17.4. The van der Waals surface area contributed by atoms with Gasteiger partial charge in [-0.2, -0.15) is 0 Å². The highest BCUT2D eigenvalue weighted by atomic mass is 79.9. The largest absolute Gasteiger partial charge is 0.506 e. The molecule has 1 fully saturated rings. The summed E-state index contributed by atoms with van der Waals surface area (Å²) >= 11 is 7.72. The molecule has 2 aromatic carbocycles. The molecule has 0 spiro atoms. The van der Waals surface area contributed by atoms with Gasteiger partial charge in [0.2, 0.25) is 0 Å². The van der Waals surface area contributed by atoms with Gasteiger partial charge in [-0.05, 0) is 64.5 Å². The molecule has 4 nitrogen and oxygen atoms in total. The second-order valence-electron chi connectivity index (χ2n) is 5.17. The van der Waals surface area contributed by atoms with Crippen LogP contribution in [0.3, 0.4) is 0 Å². The summed E-state index contributed by atoms with van der Waals surface area (Å²) in [6.07, 6.45) is 1.60. The van der Waals surface area contributed by atoms with Crippen LogP contribution in [0.5, 0.6) is 5.75 Å². The molecule has 0 saturated carbocycles. The summed E-state index contributed by atoms with van der Waals surface area (Å²) in [5, 5.41) is 18.5. The van der Waals surface area contributed by atoms with Crippen LogP contribution in [0.25, 0.3) is 6.08 Å². The lowest BCUT2D eigenvalue weighted by molar-refractivity contribution is -0.113. The maximum absolute atomic E-state index is 12.7. The summed E-state index contributed by atoms with van der Waals surface area (Å²) in [7, 11) is 0. The van der Waals surface area contributed by atoms with Gasteiger partial charge >= 0.3 is 0 Å². The predicted octanol–water partition coefficient (Wildman–Crippen LogP) is 5.28. The summed E-state index contributed by atoms with van der Waals surface area (Å²) in [5.74, 6) is -0.213. The van der Waals surface area contributed by atoms with E-state index in [1.807, 2.05) is 31.2 Å². The maximum atomic E-state index is 12.7. The Morgan fingerprint density at radius 1 is 1.25 bits per heavy atom. The number of nitrogens with one attached hydrogen (secondary N) is 1. The van der Waals surface area contributed by atoms with Gasteiger partial charge in [0.15, 0.2) is 5.17 Å². The zero-order valence-electron chi connectivity index (χ0n) is 12.5. The number of amides is 1. The van der Waals surface area contributed by atoms with Gasteiger partial charge in [-0.1, -0.05) is 34.1 Å². The minimum absolute atomic E-state index is 0.0555. The number of hydrogen-bond acceptors (Lipinski definition) is 4. The minimum Gasteiger partial charge on any atom is -0.506 e. The Balaban J connectivity index is 2.02. The van der Waals surface area contributed by atoms with Gasteiger partial charge < -0.3 is 5.11 Å². The lowest BCUT2D eigenvalue weighted by atomic mass is 10.1. The van der Waals surface area contributed by atoms with Crippen LogP contribution in [0.2, 0.25) is 0 Å². The van der Waals surface area contributed by atoms with E-state index < -0.39 is 0 Å². The van der Waals surface area contributed by atoms with Crippen LogP contribution in [0.15, 0.2) is 50.2 Å². The first kappa shape index (κ1) is 17.3. The molecular formula is C17H12Br2N2O2S. The number of aromatic hydroxyl groups is 1. The van der Waals surface area contributed by atoms with Crippen LogP contribution in [0.1, 0.15) is 11.1 Å². The van der Waals surface area contributed by atoms with E-state index in [4.69, 9.17) is 5.41 Å². The molecule has 2 aromatic rings. The smallest absolute Gasteiger partial charge is 0.271 e. The Labute approximate surface area is 160 Å². The number of benzene rings is 2. The number of phenols is 1. The number of amidine groups is 1. The molecule has 1 aliphatic rings. The number of hydrogen-bond donors (Lipinski definition) is 2. The molecule has 0 bridgehead atoms. The fraction of sp³-hybridized carbons (Fsp3) is 0.0588. The molecule has 7 heteroatoms. The topological polar surface area (TPSA) is 64.4 Å². The summed E-state index contributed by atoms with van der Waals surface area (Å²) in [5.41, 5.74) is 2.13. The number of nitrogens with zero attached hydrogens (tertiary/aromatic N) is 1. The van der Waals surface area contributed by atoms with Crippen molar-refractivity contribution in [3.8, 4) is 5.75 Å². The lowest BCUT2D eigenvalue weighted by Gasteiger charge is -2.16. The SMILES string of the molecule is Cc1ccccc1N1C(=N)S/C(=C\c2cc(Br)cc(Br)c2O)C1=O. The third-order valence-electron chi connectivity index (χ3n) is 3.52. The van der Waals surface area contributed by atoms with Crippen LogP contribution in [-0.2, 0) is 4.79 Å². The number of rotatable bonds is 2. The van der Waals surface area contributed by atoms with Gasteiger partial charge in [-0.15, -0.1) is 0 Å². The van der Waals surface area contributed by atoms with Gasteiger partial charge in [-0.3, -0.25) is 15.1 Å².